The summed E-state index contributed by atoms with van der Waals surface area (Å²) < 4.78 is 13.6. The SMILES string of the molecule is Fc1ccc(-c2cncc3[nH]c(-c4n[nH]c5ccc(-c6cccnc6)cc45)cc23)s1. The number of hydrogen-bond donors (Lipinski definition) is 2. The molecule has 5 nitrogen and oxygen atoms in total. The molecule has 30 heavy (non-hydrogen) atoms. The summed E-state index contributed by atoms with van der Waals surface area (Å²) in [5.41, 5.74) is 6.58. The van der Waals surface area contributed by atoms with Crippen molar-refractivity contribution < 1.29 is 4.39 Å². The van der Waals surface area contributed by atoms with Crippen LogP contribution in [0.4, 0.5) is 4.39 Å². The van der Waals surface area contributed by atoms with Crippen LogP contribution in [0.15, 0.2) is 73.3 Å². The molecule has 6 aromatic rings. The maximum atomic E-state index is 13.6. The zero-order chi connectivity index (χ0) is 20.1. The number of pyridine rings is 2. The molecule has 7 heteroatoms. The minimum Gasteiger partial charge on any atom is -0.352 e. The molecule has 144 valence electrons. The topological polar surface area (TPSA) is 70.2 Å². The number of aromatic amines is 2. The highest BCUT2D eigenvalue weighted by atomic mass is 32.1. The highest BCUT2D eigenvalue weighted by molar-refractivity contribution is 7.14. The number of halogens is 1. The average molecular weight is 411 g/mol. The summed E-state index contributed by atoms with van der Waals surface area (Å²) in [6, 6.07) is 15.5. The Morgan fingerprint density at radius 3 is 2.63 bits per heavy atom. The zero-order valence-corrected chi connectivity index (χ0v) is 16.4. The molecule has 0 fully saturated rings. The number of nitrogens with zero attached hydrogens (tertiary/aromatic N) is 3. The Morgan fingerprint density at radius 2 is 1.80 bits per heavy atom. The number of thiophene rings is 1. The molecule has 0 aliphatic rings. The van der Waals surface area contributed by atoms with E-state index in [-0.39, 0.29) is 5.13 Å². The Balaban J connectivity index is 1.52. The second-order valence-corrected chi connectivity index (χ2v) is 8.04. The highest BCUT2D eigenvalue weighted by Gasteiger charge is 2.15. The first-order chi connectivity index (χ1) is 14.8. The number of hydrogen-bond acceptors (Lipinski definition) is 4. The lowest BCUT2D eigenvalue weighted by molar-refractivity contribution is 0.657. The Kier molecular flexibility index (Phi) is 3.75. The molecule has 5 heterocycles. The van der Waals surface area contributed by atoms with Crippen molar-refractivity contribution in [2.45, 2.75) is 0 Å². The first-order valence-corrected chi connectivity index (χ1v) is 10.2. The Morgan fingerprint density at radius 1 is 0.833 bits per heavy atom. The van der Waals surface area contributed by atoms with E-state index in [4.69, 9.17) is 0 Å². The maximum Gasteiger partial charge on any atom is 0.176 e. The Hall–Kier alpha value is -3.84. The predicted molar refractivity (Wildman–Crippen MR) is 118 cm³/mol. The highest BCUT2D eigenvalue weighted by Crippen LogP contribution is 2.36. The van der Waals surface area contributed by atoms with Crippen LogP contribution in [0.3, 0.4) is 0 Å². The van der Waals surface area contributed by atoms with E-state index in [9.17, 15) is 4.39 Å². The van der Waals surface area contributed by atoms with Crippen LogP contribution in [0, 0.1) is 5.13 Å². The number of H-pyrrole nitrogens is 2. The lowest BCUT2D eigenvalue weighted by Gasteiger charge is -2.01. The summed E-state index contributed by atoms with van der Waals surface area (Å²) in [5.74, 6) is 0. The molecule has 0 amide bonds. The van der Waals surface area contributed by atoms with Crippen LogP contribution in [0.1, 0.15) is 0 Å². The molecule has 0 spiro atoms. The van der Waals surface area contributed by atoms with Crippen LogP contribution in [-0.2, 0) is 0 Å². The van der Waals surface area contributed by atoms with E-state index in [0.717, 1.165) is 66.1 Å². The fourth-order valence-electron chi connectivity index (χ4n) is 3.77. The van der Waals surface area contributed by atoms with Gasteiger partial charge in [0.05, 0.1) is 22.9 Å². The Labute approximate surface area is 174 Å². The summed E-state index contributed by atoms with van der Waals surface area (Å²) in [4.78, 5) is 12.8. The predicted octanol–water partition coefficient (Wildman–Crippen LogP) is 6.04. The molecule has 0 bridgehead atoms. The molecule has 0 saturated carbocycles. The number of fused-ring (bicyclic) bond motifs is 2. The molecule has 0 radical (unpaired) electrons. The van der Waals surface area contributed by atoms with Crippen molar-refractivity contribution in [3.8, 4) is 33.0 Å². The summed E-state index contributed by atoms with van der Waals surface area (Å²) >= 11 is 1.12. The fraction of sp³-hybridized carbons (Fsp3) is 0. The quantitative estimate of drug-likeness (QED) is 0.373. The van der Waals surface area contributed by atoms with E-state index in [1.165, 1.54) is 6.07 Å². The minimum absolute atomic E-state index is 0.209. The molecule has 0 saturated heterocycles. The van der Waals surface area contributed by atoms with E-state index < -0.39 is 0 Å². The van der Waals surface area contributed by atoms with Crippen molar-refractivity contribution in [1.29, 1.82) is 0 Å². The first-order valence-electron chi connectivity index (χ1n) is 9.37. The van der Waals surface area contributed by atoms with Gasteiger partial charge in [0, 0.05) is 45.4 Å². The van der Waals surface area contributed by atoms with Gasteiger partial charge in [-0.25, -0.2) is 0 Å². The molecule has 5 aromatic heterocycles. The van der Waals surface area contributed by atoms with Gasteiger partial charge in [-0.3, -0.25) is 15.1 Å². The van der Waals surface area contributed by atoms with Gasteiger partial charge in [0.2, 0.25) is 0 Å². The van der Waals surface area contributed by atoms with E-state index in [1.54, 1.807) is 24.7 Å². The molecule has 2 N–H and O–H groups in total. The number of aromatic nitrogens is 5. The van der Waals surface area contributed by atoms with E-state index in [2.05, 4.69) is 43.3 Å². The van der Waals surface area contributed by atoms with Crippen molar-refractivity contribution in [1.82, 2.24) is 25.1 Å². The zero-order valence-electron chi connectivity index (χ0n) is 15.6. The number of nitrogens with one attached hydrogen (secondary N) is 2. The van der Waals surface area contributed by atoms with Gasteiger partial charge >= 0.3 is 0 Å². The normalized spacial score (nSPS) is 11.5. The third kappa shape index (κ3) is 2.71. The van der Waals surface area contributed by atoms with Crippen LogP contribution in [0.25, 0.3) is 54.8 Å². The molecule has 0 aliphatic heterocycles. The smallest absolute Gasteiger partial charge is 0.176 e. The largest absolute Gasteiger partial charge is 0.352 e. The van der Waals surface area contributed by atoms with Crippen LogP contribution >= 0.6 is 11.3 Å². The molecular weight excluding hydrogens is 397 g/mol. The van der Waals surface area contributed by atoms with Crippen LogP contribution in [-0.4, -0.2) is 25.1 Å². The second kappa shape index (κ2) is 6.60. The van der Waals surface area contributed by atoms with Crippen LogP contribution < -0.4 is 0 Å². The van der Waals surface area contributed by atoms with Gasteiger partial charge in [-0.1, -0.05) is 12.1 Å². The summed E-state index contributed by atoms with van der Waals surface area (Å²) in [6.45, 7) is 0. The third-order valence-corrected chi connectivity index (χ3v) is 6.10. The van der Waals surface area contributed by atoms with Gasteiger partial charge in [0.25, 0.3) is 0 Å². The first kappa shape index (κ1) is 17.1. The van der Waals surface area contributed by atoms with Crippen molar-refractivity contribution in [3.05, 3.63) is 78.4 Å². The van der Waals surface area contributed by atoms with E-state index in [1.807, 2.05) is 24.4 Å². The van der Waals surface area contributed by atoms with Crippen LogP contribution in [0.2, 0.25) is 0 Å². The van der Waals surface area contributed by atoms with Gasteiger partial charge in [-0.2, -0.15) is 9.49 Å². The van der Waals surface area contributed by atoms with Gasteiger partial charge in [-0.05, 0) is 42.0 Å². The summed E-state index contributed by atoms with van der Waals surface area (Å²) in [6.07, 6.45) is 7.17. The Bertz CT molecular complexity index is 1510. The van der Waals surface area contributed by atoms with E-state index >= 15 is 0 Å². The van der Waals surface area contributed by atoms with E-state index in [0.29, 0.717) is 0 Å². The van der Waals surface area contributed by atoms with Crippen molar-refractivity contribution in [2.75, 3.05) is 0 Å². The van der Waals surface area contributed by atoms with Crippen molar-refractivity contribution >= 4 is 33.1 Å². The molecular formula is C23H14FN5S. The molecule has 6 rings (SSSR count). The molecule has 0 atom stereocenters. The monoisotopic (exact) mass is 411 g/mol. The van der Waals surface area contributed by atoms with Gasteiger partial charge in [0.15, 0.2) is 5.13 Å². The fourth-order valence-corrected chi connectivity index (χ4v) is 4.52. The van der Waals surface area contributed by atoms with Gasteiger partial charge in [0.1, 0.15) is 5.69 Å². The summed E-state index contributed by atoms with van der Waals surface area (Å²) in [7, 11) is 0. The molecule has 1 aromatic carbocycles. The lowest BCUT2D eigenvalue weighted by atomic mass is 10.0. The number of rotatable bonds is 3. The number of benzene rings is 1. The molecule has 0 unspecified atom stereocenters. The van der Waals surface area contributed by atoms with Gasteiger partial charge in [-0.15, -0.1) is 11.3 Å². The second-order valence-electron chi connectivity index (χ2n) is 7.01. The lowest BCUT2D eigenvalue weighted by Crippen LogP contribution is -1.81. The van der Waals surface area contributed by atoms with Gasteiger partial charge < -0.3 is 4.98 Å². The third-order valence-electron chi connectivity index (χ3n) is 5.20. The van der Waals surface area contributed by atoms with Crippen molar-refractivity contribution in [3.63, 3.8) is 0 Å². The summed E-state index contributed by atoms with van der Waals surface area (Å²) in [5, 5.41) is 9.45. The van der Waals surface area contributed by atoms with Crippen molar-refractivity contribution in [2.24, 2.45) is 0 Å². The van der Waals surface area contributed by atoms with Crippen LogP contribution in [0.5, 0.6) is 0 Å². The molecule has 0 aliphatic carbocycles. The minimum atomic E-state index is -0.209. The average Bonchev–Trinajstić information content (AvgIpc) is 3.51. The maximum absolute atomic E-state index is 13.6. The standard InChI is InChI=1S/C23H14FN5S/c24-22-6-5-21(30-22)17-11-26-12-20-15(17)9-19(27-20)23-16-8-13(3-4-18(16)28-29-23)14-2-1-7-25-10-14/h1-12,27H,(H,28,29).